The summed E-state index contributed by atoms with van der Waals surface area (Å²) in [7, 11) is 0. The van der Waals surface area contributed by atoms with Crippen molar-refractivity contribution in [2.75, 3.05) is 6.61 Å². The highest BCUT2D eigenvalue weighted by atomic mass is 16.5. The largest absolute Gasteiger partial charge is 0.370 e. The van der Waals surface area contributed by atoms with Crippen molar-refractivity contribution in [1.29, 1.82) is 0 Å². The van der Waals surface area contributed by atoms with E-state index in [4.69, 9.17) is 4.74 Å². The first-order valence-corrected chi connectivity index (χ1v) is 6.25. The van der Waals surface area contributed by atoms with E-state index in [2.05, 4.69) is 20.8 Å². The first-order valence-electron chi connectivity index (χ1n) is 6.25. The Labute approximate surface area is 103 Å². The second-order valence-corrected chi connectivity index (χ2v) is 5.69. The molecule has 0 radical (unpaired) electrons. The van der Waals surface area contributed by atoms with E-state index in [0.29, 0.717) is 0 Å². The zero-order valence-corrected chi connectivity index (χ0v) is 10.8. The summed E-state index contributed by atoms with van der Waals surface area (Å²) in [4.78, 5) is 12.1. The van der Waals surface area contributed by atoms with Gasteiger partial charge in [0.05, 0.1) is 0 Å². The number of hydrogen-bond donors (Lipinski definition) is 0. The molecule has 0 saturated carbocycles. The van der Waals surface area contributed by atoms with Crippen LogP contribution in [0.2, 0.25) is 0 Å². The maximum atomic E-state index is 12.1. The summed E-state index contributed by atoms with van der Waals surface area (Å²) in [6, 6.07) is 7.93. The highest BCUT2D eigenvalue weighted by Gasteiger charge is 2.24. The molecule has 0 amide bonds. The summed E-state index contributed by atoms with van der Waals surface area (Å²) in [5.41, 5.74) is 2.15. The van der Waals surface area contributed by atoms with Crippen LogP contribution < -0.4 is 0 Å². The Morgan fingerprint density at radius 2 is 1.88 bits per heavy atom. The zero-order valence-electron chi connectivity index (χ0n) is 10.8. The molecule has 1 atom stereocenters. The fourth-order valence-corrected chi connectivity index (χ4v) is 2.10. The third-order valence-electron chi connectivity index (χ3n) is 3.26. The summed E-state index contributed by atoms with van der Waals surface area (Å²) < 4.78 is 5.42. The molecule has 0 spiro atoms. The van der Waals surface area contributed by atoms with Gasteiger partial charge in [0.2, 0.25) is 0 Å². The van der Waals surface area contributed by atoms with E-state index in [9.17, 15) is 4.79 Å². The fourth-order valence-electron chi connectivity index (χ4n) is 2.10. The van der Waals surface area contributed by atoms with Gasteiger partial charge in [0, 0.05) is 12.2 Å². The first kappa shape index (κ1) is 12.3. The highest BCUT2D eigenvalue weighted by molar-refractivity contribution is 5.99. The Bertz CT molecular complexity index is 392. The Hall–Kier alpha value is -1.15. The van der Waals surface area contributed by atoms with Crippen LogP contribution in [0, 0.1) is 0 Å². The van der Waals surface area contributed by atoms with Crippen LogP contribution in [0.25, 0.3) is 0 Å². The number of ketones is 1. The molecule has 17 heavy (non-hydrogen) atoms. The number of carbonyl (C=O) groups is 1. The minimum absolute atomic E-state index is 0.128. The van der Waals surface area contributed by atoms with Crippen LogP contribution in [0.1, 0.15) is 49.5 Å². The molecule has 1 unspecified atom stereocenters. The Morgan fingerprint density at radius 1 is 1.24 bits per heavy atom. The van der Waals surface area contributed by atoms with Crippen LogP contribution in [-0.4, -0.2) is 18.5 Å². The van der Waals surface area contributed by atoms with Crippen molar-refractivity contribution in [1.82, 2.24) is 0 Å². The summed E-state index contributed by atoms with van der Waals surface area (Å²) in [5, 5.41) is 0. The maximum Gasteiger partial charge on any atom is 0.191 e. The lowest BCUT2D eigenvalue weighted by atomic mass is 9.86. The van der Waals surface area contributed by atoms with Gasteiger partial charge in [-0.15, -0.1) is 0 Å². The van der Waals surface area contributed by atoms with E-state index in [1.807, 2.05) is 24.3 Å². The lowest BCUT2D eigenvalue weighted by Gasteiger charge is -2.19. The second-order valence-electron chi connectivity index (χ2n) is 5.69. The number of Topliss-reactive ketones (excluding diaryl/α,β-unsaturated/α-hetero) is 1. The molecule has 1 aromatic carbocycles. The van der Waals surface area contributed by atoms with Crippen molar-refractivity contribution in [3.8, 4) is 0 Å². The van der Waals surface area contributed by atoms with Gasteiger partial charge < -0.3 is 4.74 Å². The normalized spacial score (nSPS) is 20.5. The van der Waals surface area contributed by atoms with Crippen LogP contribution in [-0.2, 0) is 10.2 Å². The predicted molar refractivity (Wildman–Crippen MR) is 68.4 cm³/mol. The summed E-state index contributed by atoms with van der Waals surface area (Å²) in [6.45, 7) is 7.23. The fraction of sp³-hybridized carbons (Fsp3) is 0.533. The van der Waals surface area contributed by atoms with E-state index in [-0.39, 0.29) is 17.3 Å². The molecular weight excluding hydrogens is 212 g/mol. The van der Waals surface area contributed by atoms with Crippen molar-refractivity contribution < 1.29 is 9.53 Å². The predicted octanol–water partition coefficient (Wildman–Crippen LogP) is 3.35. The minimum Gasteiger partial charge on any atom is -0.370 e. The van der Waals surface area contributed by atoms with Crippen LogP contribution in [0.4, 0.5) is 0 Å². The third-order valence-corrected chi connectivity index (χ3v) is 3.26. The van der Waals surface area contributed by atoms with Crippen molar-refractivity contribution in [2.24, 2.45) is 0 Å². The summed E-state index contributed by atoms with van der Waals surface area (Å²) in [6.07, 6.45) is 1.64. The van der Waals surface area contributed by atoms with E-state index in [1.165, 1.54) is 5.56 Å². The number of rotatable bonds is 2. The molecule has 0 aliphatic carbocycles. The summed E-state index contributed by atoms with van der Waals surface area (Å²) >= 11 is 0. The van der Waals surface area contributed by atoms with Gasteiger partial charge in [0.1, 0.15) is 6.10 Å². The molecule has 2 heteroatoms. The zero-order chi connectivity index (χ0) is 12.5. The molecule has 0 bridgehead atoms. The van der Waals surface area contributed by atoms with Crippen molar-refractivity contribution in [2.45, 2.75) is 45.1 Å². The molecule has 0 N–H and O–H groups in total. The monoisotopic (exact) mass is 232 g/mol. The third kappa shape index (κ3) is 2.75. The average molecular weight is 232 g/mol. The lowest BCUT2D eigenvalue weighted by molar-refractivity contribution is 0.0643. The number of ether oxygens (including phenoxy) is 1. The standard InChI is InChI=1S/C15H20O2/c1-15(2,3)12-8-6-11(7-9-12)14(16)13-5-4-10-17-13/h6-9,13H,4-5,10H2,1-3H3. The molecule has 1 aromatic rings. The topological polar surface area (TPSA) is 26.3 Å². The van der Waals surface area contributed by atoms with Crippen LogP contribution in [0.15, 0.2) is 24.3 Å². The second kappa shape index (κ2) is 4.61. The minimum atomic E-state index is -0.213. The maximum absolute atomic E-state index is 12.1. The molecule has 92 valence electrons. The quantitative estimate of drug-likeness (QED) is 0.731. The first-order chi connectivity index (χ1) is 7.98. The van der Waals surface area contributed by atoms with Crippen molar-refractivity contribution in [3.63, 3.8) is 0 Å². The van der Waals surface area contributed by atoms with Crippen LogP contribution >= 0.6 is 0 Å². The molecular formula is C15H20O2. The van der Waals surface area contributed by atoms with Gasteiger partial charge in [-0.1, -0.05) is 45.0 Å². The number of carbonyl (C=O) groups excluding carboxylic acids is 1. The average Bonchev–Trinajstić information content (AvgIpc) is 2.80. The molecule has 1 aliphatic rings. The number of hydrogen-bond acceptors (Lipinski definition) is 2. The van der Waals surface area contributed by atoms with Gasteiger partial charge in [0.25, 0.3) is 0 Å². The van der Waals surface area contributed by atoms with Gasteiger partial charge in [-0.05, 0) is 23.8 Å². The van der Waals surface area contributed by atoms with Crippen LogP contribution in [0.3, 0.4) is 0 Å². The molecule has 1 saturated heterocycles. The van der Waals surface area contributed by atoms with Gasteiger partial charge in [0.15, 0.2) is 5.78 Å². The molecule has 2 nitrogen and oxygen atoms in total. The summed E-state index contributed by atoms with van der Waals surface area (Å²) in [5.74, 6) is 0.128. The molecule has 0 aromatic heterocycles. The number of benzene rings is 1. The Kier molecular flexibility index (Phi) is 3.34. The SMILES string of the molecule is CC(C)(C)c1ccc(C(=O)C2CCCO2)cc1. The molecule has 1 fully saturated rings. The smallest absolute Gasteiger partial charge is 0.191 e. The molecule has 1 aliphatic heterocycles. The van der Waals surface area contributed by atoms with Gasteiger partial charge >= 0.3 is 0 Å². The Balaban J connectivity index is 2.15. The van der Waals surface area contributed by atoms with E-state index >= 15 is 0 Å². The van der Waals surface area contributed by atoms with Gasteiger partial charge in [-0.2, -0.15) is 0 Å². The van der Waals surface area contributed by atoms with Gasteiger partial charge in [-0.3, -0.25) is 4.79 Å². The van der Waals surface area contributed by atoms with E-state index < -0.39 is 0 Å². The Morgan fingerprint density at radius 3 is 2.35 bits per heavy atom. The van der Waals surface area contributed by atoms with E-state index in [0.717, 1.165) is 25.0 Å². The van der Waals surface area contributed by atoms with Crippen molar-refractivity contribution in [3.05, 3.63) is 35.4 Å². The molecule has 2 rings (SSSR count). The van der Waals surface area contributed by atoms with Crippen molar-refractivity contribution >= 4 is 5.78 Å². The van der Waals surface area contributed by atoms with E-state index in [1.54, 1.807) is 0 Å². The van der Waals surface area contributed by atoms with Crippen LogP contribution in [0.5, 0.6) is 0 Å². The lowest BCUT2D eigenvalue weighted by Crippen LogP contribution is -2.19. The molecule has 1 heterocycles. The van der Waals surface area contributed by atoms with Gasteiger partial charge in [-0.25, -0.2) is 0 Å². The highest BCUT2D eigenvalue weighted by Crippen LogP contribution is 2.23.